The fourth-order valence-electron chi connectivity index (χ4n) is 3.84. The maximum atomic E-state index is 12.8. The number of nitrogens with zero attached hydrogens (tertiary/aromatic N) is 5. The highest BCUT2D eigenvalue weighted by Crippen LogP contribution is 2.29. The first kappa shape index (κ1) is 22.0. The minimum Gasteiger partial charge on any atom is -0.382 e. The SMILES string of the molecule is Nc1nc(Nc2ccc(N3CCOCC3)cc2)nc2c1ncn2Cc1ccc(C(F)(F)F)cc1. The third kappa shape index (κ3) is 4.60. The Bertz CT molecular complexity index is 1280. The highest BCUT2D eigenvalue weighted by atomic mass is 19.4. The van der Waals surface area contributed by atoms with Crippen LogP contribution >= 0.6 is 0 Å². The van der Waals surface area contributed by atoms with Crippen LogP contribution in [0.2, 0.25) is 0 Å². The fraction of sp³-hybridized carbons (Fsp3) is 0.261. The molecule has 0 bridgehead atoms. The maximum Gasteiger partial charge on any atom is 0.416 e. The van der Waals surface area contributed by atoms with E-state index < -0.39 is 11.7 Å². The average Bonchev–Trinajstić information content (AvgIpc) is 3.23. The zero-order chi connectivity index (χ0) is 23.7. The lowest BCUT2D eigenvalue weighted by Gasteiger charge is -2.28. The van der Waals surface area contributed by atoms with Crippen LogP contribution in [0.25, 0.3) is 11.2 Å². The van der Waals surface area contributed by atoms with E-state index in [1.165, 1.54) is 12.1 Å². The van der Waals surface area contributed by atoms with Crippen LogP contribution in [-0.2, 0) is 17.5 Å². The fourth-order valence-corrected chi connectivity index (χ4v) is 3.84. The normalized spacial score (nSPS) is 14.5. The Hall–Kier alpha value is -3.86. The Labute approximate surface area is 193 Å². The van der Waals surface area contributed by atoms with Gasteiger partial charge in [0.2, 0.25) is 5.95 Å². The number of nitrogens with two attached hydrogens (primary N) is 1. The monoisotopic (exact) mass is 469 g/mol. The summed E-state index contributed by atoms with van der Waals surface area (Å²) in [6.45, 7) is 3.43. The molecule has 0 unspecified atom stereocenters. The van der Waals surface area contributed by atoms with Crippen molar-refractivity contribution >= 4 is 34.3 Å². The van der Waals surface area contributed by atoms with Gasteiger partial charge < -0.3 is 25.3 Å². The summed E-state index contributed by atoms with van der Waals surface area (Å²) >= 11 is 0. The van der Waals surface area contributed by atoms with E-state index in [9.17, 15) is 13.2 Å². The number of ether oxygens (including phenoxy) is 1. The minimum absolute atomic E-state index is 0.212. The number of rotatable bonds is 5. The van der Waals surface area contributed by atoms with Gasteiger partial charge in [-0.25, -0.2) is 4.98 Å². The smallest absolute Gasteiger partial charge is 0.382 e. The van der Waals surface area contributed by atoms with Crippen LogP contribution in [0, 0.1) is 0 Å². The number of imidazole rings is 1. The largest absolute Gasteiger partial charge is 0.416 e. The third-order valence-electron chi connectivity index (χ3n) is 5.62. The number of nitrogen functional groups attached to an aromatic ring is 1. The van der Waals surface area contributed by atoms with Gasteiger partial charge >= 0.3 is 6.18 Å². The van der Waals surface area contributed by atoms with Crippen molar-refractivity contribution in [1.82, 2.24) is 19.5 Å². The van der Waals surface area contributed by atoms with Gasteiger partial charge in [0.1, 0.15) is 5.52 Å². The Balaban J connectivity index is 1.35. The van der Waals surface area contributed by atoms with Crippen molar-refractivity contribution in [2.24, 2.45) is 0 Å². The third-order valence-corrected chi connectivity index (χ3v) is 5.62. The summed E-state index contributed by atoms with van der Waals surface area (Å²) in [6.07, 6.45) is -2.82. The molecule has 4 aromatic rings. The van der Waals surface area contributed by atoms with Crippen molar-refractivity contribution in [3.05, 3.63) is 66.0 Å². The van der Waals surface area contributed by atoms with Gasteiger partial charge in [0.15, 0.2) is 11.5 Å². The first-order valence-electron chi connectivity index (χ1n) is 10.7. The van der Waals surface area contributed by atoms with E-state index in [1.807, 2.05) is 24.3 Å². The molecular weight excluding hydrogens is 447 g/mol. The quantitative estimate of drug-likeness (QED) is 0.455. The highest BCUT2D eigenvalue weighted by molar-refractivity contribution is 5.83. The second-order valence-electron chi connectivity index (χ2n) is 7.94. The van der Waals surface area contributed by atoms with E-state index in [4.69, 9.17) is 10.5 Å². The lowest BCUT2D eigenvalue weighted by Crippen LogP contribution is -2.36. The minimum atomic E-state index is -4.37. The molecule has 1 aliphatic rings. The molecule has 3 heterocycles. The van der Waals surface area contributed by atoms with Gasteiger partial charge in [-0.1, -0.05) is 12.1 Å². The van der Waals surface area contributed by atoms with Gasteiger partial charge in [-0.3, -0.25) is 0 Å². The molecule has 1 fully saturated rings. The van der Waals surface area contributed by atoms with E-state index in [0.717, 1.165) is 36.6 Å². The van der Waals surface area contributed by atoms with Crippen LogP contribution < -0.4 is 16.0 Å². The molecular formula is C23H22F3N7O. The average molecular weight is 469 g/mol. The number of alkyl halides is 3. The van der Waals surface area contributed by atoms with Crippen LogP contribution in [0.1, 0.15) is 11.1 Å². The molecule has 2 aromatic heterocycles. The lowest BCUT2D eigenvalue weighted by molar-refractivity contribution is -0.137. The van der Waals surface area contributed by atoms with Gasteiger partial charge in [0.05, 0.1) is 31.6 Å². The molecule has 34 heavy (non-hydrogen) atoms. The Morgan fingerprint density at radius 3 is 2.35 bits per heavy atom. The predicted molar refractivity (Wildman–Crippen MR) is 123 cm³/mol. The molecule has 8 nitrogen and oxygen atoms in total. The van der Waals surface area contributed by atoms with Crippen LogP contribution in [0.3, 0.4) is 0 Å². The number of benzene rings is 2. The molecule has 176 valence electrons. The second-order valence-corrected chi connectivity index (χ2v) is 7.94. The topological polar surface area (TPSA) is 94.1 Å². The molecule has 0 aliphatic carbocycles. The molecule has 2 aromatic carbocycles. The van der Waals surface area contributed by atoms with Crippen molar-refractivity contribution in [1.29, 1.82) is 0 Å². The number of anilines is 4. The number of aromatic nitrogens is 4. The number of halogens is 3. The molecule has 0 saturated carbocycles. The predicted octanol–water partition coefficient (Wildman–Crippen LogP) is 4.06. The summed E-state index contributed by atoms with van der Waals surface area (Å²) < 4.78 is 45.6. The van der Waals surface area contributed by atoms with Gasteiger partial charge in [-0.15, -0.1) is 0 Å². The van der Waals surface area contributed by atoms with E-state index >= 15 is 0 Å². The summed E-state index contributed by atoms with van der Waals surface area (Å²) in [4.78, 5) is 15.4. The summed E-state index contributed by atoms with van der Waals surface area (Å²) in [6, 6.07) is 12.9. The molecule has 1 aliphatic heterocycles. The van der Waals surface area contributed by atoms with Crippen LogP contribution in [0.15, 0.2) is 54.9 Å². The van der Waals surface area contributed by atoms with Gasteiger partial charge in [-0.05, 0) is 42.0 Å². The van der Waals surface area contributed by atoms with Crippen LogP contribution in [0.4, 0.5) is 36.3 Å². The molecule has 0 spiro atoms. The number of fused-ring (bicyclic) bond motifs is 1. The summed E-state index contributed by atoms with van der Waals surface area (Å²) in [5, 5.41) is 3.16. The summed E-state index contributed by atoms with van der Waals surface area (Å²) in [7, 11) is 0. The Kier molecular flexibility index (Phi) is 5.70. The maximum absolute atomic E-state index is 12.8. The van der Waals surface area contributed by atoms with Crippen LogP contribution in [0.5, 0.6) is 0 Å². The van der Waals surface area contributed by atoms with Crippen molar-refractivity contribution in [2.45, 2.75) is 12.7 Å². The number of nitrogens with one attached hydrogen (secondary N) is 1. The number of hydrogen-bond donors (Lipinski definition) is 2. The van der Waals surface area contributed by atoms with Gasteiger partial charge in [0, 0.05) is 24.5 Å². The van der Waals surface area contributed by atoms with Gasteiger partial charge in [-0.2, -0.15) is 23.1 Å². The molecule has 11 heteroatoms. The van der Waals surface area contributed by atoms with Crippen molar-refractivity contribution in [3.63, 3.8) is 0 Å². The summed E-state index contributed by atoms with van der Waals surface area (Å²) in [5.41, 5.74) is 8.91. The first-order chi connectivity index (χ1) is 16.4. The second kappa shape index (κ2) is 8.82. The zero-order valence-electron chi connectivity index (χ0n) is 18.1. The molecule has 0 atom stereocenters. The van der Waals surface area contributed by atoms with E-state index in [1.54, 1.807) is 10.9 Å². The van der Waals surface area contributed by atoms with E-state index in [2.05, 4.69) is 25.2 Å². The van der Waals surface area contributed by atoms with Crippen molar-refractivity contribution in [2.75, 3.05) is 42.3 Å². The van der Waals surface area contributed by atoms with Crippen molar-refractivity contribution in [3.8, 4) is 0 Å². The Morgan fingerprint density at radius 2 is 1.68 bits per heavy atom. The molecule has 5 rings (SSSR count). The molecule has 1 saturated heterocycles. The van der Waals surface area contributed by atoms with E-state index in [0.29, 0.717) is 42.4 Å². The molecule has 0 radical (unpaired) electrons. The zero-order valence-corrected chi connectivity index (χ0v) is 18.1. The molecule has 0 amide bonds. The molecule has 3 N–H and O–H groups in total. The number of hydrogen-bond acceptors (Lipinski definition) is 7. The Morgan fingerprint density at radius 1 is 0.971 bits per heavy atom. The van der Waals surface area contributed by atoms with Crippen LogP contribution in [-0.4, -0.2) is 45.8 Å². The van der Waals surface area contributed by atoms with E-state index in [-0.39, 0.29) is 5.82 Å². The van der Waals surface area contributed by atoms with Gasteiger partial charge in [0.25, 0.3) is 0 Å². The highest BCUT2D eigenvalue weighted by Gasteiger charge is 2.30. The first-order valence-corrected chi connectivity index (χ1v) is 10.7. The lowest BCUT2D eigenvalue weighted by atomic mass is 10.1. The number of morpholine rings is 1. The summed E-state index contributed by atoms with van der Waals surface area (Å²) in [5.74, 6) is 0.516. The standard InChI is InChI=1S/C23H22F3N7O/c24-23(25,26)16-3-1-15(2-4-16)13-33-14-28-19-20(27)30-22(31-21(19)33)29-17-5-7-18(8-6-17)32-9-11-34-12-10-32/h1-8,14H,9-13H2,(H3,27,29,30,31). The van der Waals surface area contributed by atoms with Crippen molar-refractivity contribution < 1.29 is 17.9 Å².